The lowest BCUT2D eigenvalue weighted by atomic mass is 9.97. The molecule has 1 unspecified atom stereocenters. The molecule has 15 heavy (non-hydrogen) atoms. The molecular weight excluding hydrogens is 256 g/mol. The number of aliphatic hydroxyl groups is 1. The van der Waals surface area contributed by atoms with E-state index in [2.05, 4.69) is 29.8 Å². The molecule has 0 amide bonds. The molecule has 0 saturated heterocycles. The van der Waals surface area contributed by atoms with Crippen LogP contribution in [-0.4, -0.2) is 12.2 Å². The summed E-state index contributed by atoms with van der Waals surface area (Å²) in [5.41, 5.74) is 1.94. The molecule has 1 N–H and O–H groups in total. The van der Waals surface area contributed by atoms with Crippen molar-refractivity contribution in [2.45, 2.75) is 32.8 Å². The van der Waals surface area contributed by atoms with Gasteiger partial charge in [-0.15, -0.1) is 0 Å². The van der Waals surface area contributed by atoms with Gasteiger partial charge < -0.3 is 9.84 Å². The summed E-state index contributed by atoms with van der Waals surface area (Å²) < 4.78 is 6.35. The predicted octanol–water partition coefficient (Wildman–Crippen LogP) is 3.63. The van der Waals surface area contributed by atoms with E-state index in [1.165, 1.54) is 0 Å². The van der Waals surface area contributed by atoms with Crippen LogP contribution in [-0.2, 0) is 0 Å². The lowest BCUT2D eigenvalue weighted by Crippen LogP contribution is -2.02. The van der Waals surface area contributed by atoms with Crippen LogP contribution in [0.1, 0.15) is 43.9 Å². The Morgan fingerprint density at radius 3 is 2.13 bits per heavy atom. The maximum atomic E-state index is 9.67. The summed E-state index contributed by atoms with van der Waals surface area (Å²) >= 11 is 3.45. The van der Waals surface area contributed by atoms with Crippen molar-refractivity contribution >= 4 is 15.9 Å². The second kappa shape index (κ2) is 4.99. The lowest BCUT2D eigenvalue weighted by molar-refractivity contribution is 0.194. The van der Waals surface area contributed by atoms with Gasteiger partial charge in [-0.05, 0) is 30.5 Å². The van der Waals surface area contributed by atoms with Crippen molar-refractivity contribution in [1.29, 1.82) is 0 Å². The van der Waals surface area contributed by atoms with E-state index in [0.717, 1.165) is 21.3 Å². The average Bonchev–Trinajstić information content (AvgIpc) is 2.16. The van der Waals surface area contributed by atoms with Crippen molar-refractivity contribution in [3.8, 4) is 5.75 Å². The van der Waals surface area contributed by atoms with Gasteiger partial charge in [0, 0.05) is 10.0 Å². The zero-order valence-corrected chi connectivity index (χ0v) is 11.1. The first-order chi connectivity index (χ1) is 6.97. The van der Waals surface area contributed by atoms with Crippen molar-refractivity contribution in [3.63, 3.8) is 0 Å². The van der Waals surface area contributed by atoms with Gasteiger partial charge in [0.05, 0.1) is 13.2 Å². The van der Waals surface area contributed by atoms with Crippen LogP contribution in [0.3, 0.4) is 0 Å². The first-order valence-corrected chi connectivity index (χ1v) is 5.82. The lowest BCUT2D eigenvalue weighted by Gasteiger charge is -2.18. The predicted molar refractivity (Wildman–Crippen MR) is 65.4 cm³/mol. The summed E-state index contributed by atoms with van der Waals surface area (Å²) in [4.78, 5) is 0. The van der Waals surface area contributed by atoms with Gasteiger partial charge in [-0.2, -0.15) is 0 Å². The van der Waals surface area contributed by atoms with Gasteiger partial charge in [0.2, 0.25) is 0 Å². The van der Waals surface area contributed by atoms with Crippen LogP contribution in [0.4, 0.5) is 0 Å². The van der Waals surface area contributed by atoms with Crippen LogP contribution in [0.15, 0.2) is 16.6 Å². The van der Waals surface area contributed by atoms with E-state index in [0.29, 0.717) is 5.92 Å². The number of hydrogen-bond donors (Lipinski definition) is 1. The third-order valence-electron chi connectivity index (χ3n) is 2.39. The molecular formula is C12H17BrO2. The number of benzene rings is 1. The highest BCUT2D eigenvalue weighted by molar-refractivity contribution is 9.10. The molecule has 3 heteroatoms. The summed E-state index contributed by atoms with van der Waals surface area (Å²) in [5, 5.41) is 9.67. The molecule has 0 heterocycles. The zero-order valence-electron chi connectivity index (χ0n) is 9.54. The number of rotatable bonds is 3. The Kier molecular flexibility index (Phi) is 4.17. The van der Waals surface area contributed by atoms with Gasteiger partial charge in [0.25, 0.3) is 0 Å². The molecule has 0 spiro atoms. The van der Waals surface area contributed by atoms with Crippen LogP contribution >= 0.6 is 15.9 Å². The van der Waals surface area contributed by atoms with Crippen LogP contribution in [0.25, 0.3) is 0 Å². The Balaban J connectivity index is 3.38. The van der Waals surface area contributed by atoms with Gasteiger partial charge in [-0.1, -0.05) is 29.8 Å². The standard InChI is InChI=1S/C12H17BrO2/c1-7(2)10-5-9(13)6-11(8(3)14)12(10)15-4/h5-8,14H,1-4H3. The molecule has 2 nitrogen and oxygen atoms in total. The molecule has 0 aliphatic rings. The first-order valence-electron chi connectivity index (χ1n) is 5.02. The first kappa shape index (κ1) is 12.5. The third kappa shape index (κ3) is 2.73. The van der Waals surface area contributed by atoms with Gasteiger partial charge in [0.15, 0.2) is 0 Å². The largest absolute Gasteiger partial charge is 0.496 e. The van der Waals surface area contributed by atoms with Crippen molar-refractivity contribution in [1.82, 2.24) is 0 Å². The SMILES string of the molecule is COc1c(C(C)C)cc(Br)cc1C(C)O. The van der Waals surface area contributed by atoms with Crippen LogP contribution in [0.5, 0.6) is 5.75 Å². The number of hydrogen-bond acceptors (Lipinski definition) is 2. The molecule has 1 aromatic carbocycles. The Bertz CT molecular complexity index is 316. The highest BCUT2D eigenvalue weighted by atomic mass is 79.9. The summed E-state index contributed by atoms with van der Waals surface area (Å²) in [6.07, 6.45) is -0.519. The minimum atomic E-state index is -0.519. The van der Waals surface area contributed by atoms with Crippen LogP contribution < -0.4 is 4.74 Å². The Morgan fingerprint density at radius 1 is 1.20 bits per heavy atom. The smallest absolute Gasteiger partial charge is 0.128 e. The maximum Gasteiger partial charge on any atom is 0.128 e. The fourth-order valence-electron chi connectivity index (χ4n) is 1.61. The Hall–Kier alpha value is -0.540. The van der Waals surface area contributed by atoms with E-state index in [4.69, 9.17) is 4.74 Å². The molecule has 0 radical (unpaired) electrons. The molecule has 0 aromatic heterocycles. The third-order valence-corrected chi connectivity index (χ3v) is 2.85. The fraction of sp³-hybridized carbons (Fsp3) is 0.500. The van der Waals surface area contributed by atoms with Gasteiger partial charge >= 0.3 is 0 Å². The number of methoxy groups -OCH3 is 1. The van der Waals surface area contributed by atoms with E-state index < -0.39 is 6.10 Å². The normalized spacial score (nSPS) is 13.0. The fourth-order valence-corrected chi connectivity index (χ4v) is 2.10. The van der Waals surface area contributed by atoms with Crippen LogP contribution in [0.2, 0.25) is 0 Å². The monoisotopic (exact) mass is 272 g/mol. The van der Waals surface area contributed by atoms with Crippen molar-refractivity contribution in [2.75, 3.05) is 7.11 Å². The summed E-state index contributed by atoms with van der Waals surface area (Å²) in [6.45, 7) is 5.96. The number of halogens is 1. The van der Waals surface area contributed by atoms with Crippen molar-refractivity contribution < 1.29 is 9.84 Å². The molecule has 0 fully saturated rings. The second-order valence-electron chi connectivity index (χ2n) is 3.95. The zero-order chi connectivity index (χ0) is 11.6. The van der Waals surface area contributed by atoms with E-state index in [1.54, 1.807) is 14.0 Å². The maximum absolute atomic E-state index is 9.67. The minimum Gasteiger partial charge on any atom is -0.496 e. The van der Waals surface area contributed by atoms with E-state index >= 15 is 0 Å². The van der Waals surface area contributed by atoms with Crippen molar-refractivity contribution in [2.24, 2.45) is 0 Å². The van der Waals surface area contributed by atoms with Gasteiger partial charge in [0.1, 0.15) is 5.75 Å². The highest BCUT2D eigenvalue weighted by Gasteiger charge is 2.16. The van der Waals surface area contributed by atoms with Gasteiger partial charge in [-0.3, -0.25) is 0 Å². The van der Waals surface area contributed by atoms with E-state index in [9.17, 15) is 5.11 Å². The molecule has 0 bridgehead atoms. The molecule has 1 atom stereocenters. The topological polar surface area (TPSA) is 29.5 Å². The van der Waals surface area contributed by atoms with Crippen LogP contribution in [0, 0.1) is 0 Å². The number of ether oxygens (including phenoxy) is 1. The Morgan fingerprint density at radius 2 is 1.73 bits per heavy atom. The second-order valence-corrected chi connectivity index (χ2v) is 4.86. The highest BCUT2D eigenvalue weighted by Crippen LogP contribution is 2.36. The van der Waals surface area contributed by atoms with Crippen molar-refractivity contribution in [3.05, 3.63) is 27.7 Å². The number of aliphatic hydroxyl groups excluding tert-OH is 1. The summed E-state index contributed by atoms with van der Waals surface area (Å²) in [7, 11) is 1.64. The molecule has 0 aliphatic heterocycles. The van der Waals surface area contributed by atoms with E-state index in [-0.39, 0.29) is 0 Å². The quantitative estimate of drug-likeness (QED) is 0.911. The molecule has 84 valence electrons. The molecule has 0 saturated carbocycles. The minimum absolute atomic E-state index is 0.370. The Labute approximate surface area is 99.4 Å². The molecule has 1 rings (SSSR count). The summed E-state index contributed by atoms with van der Waals surface area (Å²) in [6, 6.07) is 3.94. The summed E-state index contributed by atoms with van der Waals surface area (Å²) in [5.74, 6) is 1.16. The van der Waals surface area contributed by atoms with E-state index in [1.807, 2.05) is 12.1 Å². The average molecular weight is 273 g/mol. The van der Waals surface area contributed by atoms with Gasteiger partial charge in [-0.25, -0.2) is 0 Å². The molecule has 1 aromatic rings. The molecule has 0 aliphatic carbocycles.